The summed E-state index contributed by atoms with van der Waals surface area (Å²) >= 11 is 0. The van der Waals surface area contributed by atoms with Crippen LogP contribution in [0.5, 0.6) is 0 Å². The number of hydrogen-bond donors (Lipinski definition) is 0. The number of hydrogen-bond acceptors (Lipinski definition) is 8. The molecular weight excluding hydrogens is 568 g/mol. The minimum Gasteiger partial charge on any atom is -0.375 e. The second-order valence-corrected chi connectivity index (χ2v) is 12.0. The Morgan fingerprint density at radius 1 is 0.457 bits per heavy atom. The summed E-state index contributed by atoms with van der Waals surface area (Å²) in [6.45, 7) is 10.4. The van der Waals surface area contributed by atoms with Gasteiger partial charge in [0.05, 0.1) is 22.7 Å². The van der Waals surface area contributed by atoms with Gasteiger partial charge < -0.3 is 19.6 Å². The highest BCUT2D eigenvalue weighted by Crippen LogP contribution is 2.27. The number of azo groups is 2. The third-order valence-electron chi connectivity index (χ3n) is 8.55. The highest BCUT2D eigenvalue weighted by atomic mass is 15.3. The summed E-state index contributed by atoms with van der Waals surface area (Å²) in [6, 6.07) is 33.3. The van der Waals surface area contributed by atoms with Crippen molar-refractivity contribution in [3.8, 4) is 0 Å². The zero-order chi connectivity index (χ0) is 32.1. The first-order chi connectivity index (χ1) is 22.5. The summed E-state index contributed by atoms with van der Waals surface area (Å²) in [5.74, 6) is 0. The van der Waals surface area contributed by atoms with Crippen molar-refractivity contribution in [2.24, 2.45) is 20.5 Å². The summed E-state index contributed by atoms with van der Waals surface area (Å²) in [6.07, 6.45) is 4.78. The topological polar surface area (TPSA) is 62.4 Å². The van der Waals surface area contributed by atoms with Crippen molar-refractivity contribution < 1.29 is 0 Å². The Morgan fingerprint density at radius 2 is 0.739 bits per heavy atom. The lowest BCUT2D eigenvalue weighted by Gasteiger charge is -2.37. The van der Waals surface area contributed by atoms with E-state index in [1.807, 2.05) is 48.5 Å². The maximum absolute atomic E-state index is 4.46. The molecule has 1 saturated heterocycles. The van der Waals surface area contributed by atoms with Crippen LogP contribution in [0.2, 0.25) is 0 Å². The Labute approximate surface area is 275 Å². The van der Waals surface area contributed by atoms with Gasteiger partial charge in [0.1, 0.15) is 0 Å². The Balaban J connectivity index is 1.08. The average Bonchev–Trinajstić information content (AvgIpc) is 3.12. The monoisotopic (exact) mass is 616 g/mol. The van der Waals surface area contributed by atoms with Crippen molar-refractivity contribution in [2.45, 2.75) is 39.5 Å². The fourth-order valence-corrected chi connectivity index (χ4v) is 5.51. The van der Waals surface area contributed by atoms with Crippen LogP contribution in [0.3, 0.4) is 0 Å². The molecule has 0 N–H and O–H groups in total. The third kappa shape index (κ3) is 9.16. The smallest absolute Gasteiger partial charge is 0.0858 e. The van der Waals surface area contributed by atoms with Crippen LogP contribution in [-0.2, 0) is 0 Å². The van der Waals surface area contributed by atoms with Gasteiger partial charge in [0, 0.05) is 76.1 Å². The van der Waals surface area contributed by atoms with E-state index in [9.17, 15) is 0 Å². The van der Waals surface area contributed by atoms with Crippen LogP contribution in [0.1, 0.15) is 39.5 Å². The number of benzene rings is 4. The fourth-order valence-electron chi connectivity index (χ4n) is 5.51. The van der Waals surface area contributed by atoms with Crippen molar-refractivity contribution in [3.05, 3.63) is 97.1 Å². The van der Waals surface area contributed by atoms with E-state index in [1.54, 1.807) is 0 Å². The number of piperazine rings is 1. The van der Waals surface area contributed by atoms with Crippen molar-refractivity contribution in [3.63, 3.8) is 0 Å². The van der Waals surface area contributed by atoms with E-state index in [1.165, 1.54) is 48.4 Å². The molecule has 0 radical (unpaired) electrons. The van der Waals surface area contributed by atoms with E-state index in [2.05, 4.69) is 117 Å². The average molecular weight is 617 g/mol. The molecule has 0 amide bonds. The molecule has 1 aliphatic heterocycles. The lowest BCUT2D eigenvalue weighted by Crippen LogP contribution is -2.46. The predicted octanol–water partition coefficient (Wildman–Crippen LogP) is 10.3. The molecule has 46 heavy (non-hydrogen) atoms. The van der Waals surface area contributed by atoms with E-state index in [4.69, 9.17) is 0 Å². The van der Waals surface area contributed by atoms with E-state index >= 15 is 0 Å². The molecule has 0 atom stereocenters. The van der Waals surface area contributed by atoms with Gasteiger partial charge in [-0.3, -0.25) is 0 Å². The fraction of sp³-hybridized carbons (Fsp3) is 0.368. The summed E-state index contributed by atoms with van der Waals surface area (Å²) in [5, 5.41) is 17.8. The molecule has 1 fully saturated rings. The predicted molar refractivity (Wildman–Crippen MR) is 195 cm³/mol. The summed E-state index contributed by atoms with van der Waals surface area (Å²) in [7, 11) is 4.27. The second kappa shape index (κ2) is 16.5. The molecular formula is C38H48N8. The molecule has 0 aromatic heterocycles. The Morgan fingerprint density at radius 3 is 1.02 bits per heavy atom. The van der Waals surface area contributed by atoms with Crippen LogP contribution in [0.15, 0.2) is 118 Å². The SMILES string of the molecule is CCCCN(C)c1ccc(N=Nc2ccc(N3CCN(c4ccc(N=Nc5ccc(N(C)CCCC)cc5)cc4)CC3)cc2)cc1. The Kier molecular flexibility index (Phi) is 11.8. The number of anilines is 4. The van der Waals surface area contributed by atoms with Crippen LogP contribution < -0.4 is 19.6 Å². The molecule has 5 rings (SSSR count). The van der Waals surface area contributed by atoms with Crippen LogP contribution in [-0.4, -0.2) is 53.4 Å². The largest absolute Gasteiger partial charge is 0.375 e. The number of unbranched alkanes of at least 4 members (excludes halogenated alkanes) is 2. The van der Waals surface area contributed by atoms with Gasteiger partial charge in [-0.2, -0.15) is 20.5 Å². The summed E-state index contributed by atoms with van der Waals surface area (Å²) < 4.78 is 0. The van der Waals surface area contributed by atoms with Crippen LogP contribution in [0, 0.1) is 0 Å². The van der Waals surface area contributed by atoms with Crippen LogP contribution in [0.25, 0.3) is 0 Å². The Hall–Kier alpha value is -4.72. The van der Waals surface area contributed by atoms with Gasteiger partial charge in [0.15, 0.2) is 0 Å². The molecule has 0 saturated carbocycles. The lowest BCUT2D eigenvalue weighted by molar-refractivity contribution is 0.653. The van der Waals surface area contributed by atoms with Crippen LogP contribution >= 0.6 is 0 Å². The van der Waals surface area contributed by atoms with Crippen molar-refractivity contribution in [2.75, 3.05) is 73.0 Å². The van der Waals surface area contributed by atoms with Crippen molar-refractivity contribution >= 4 is 45.5 Å². The van der Waals surface area contributed by atoms with E-state index < -0.39 is 0 Å². The summed E-state index contributed by atoms with van der Waals surface area (Å²) in [5.41, 5.74) is 8.29. The highest BCUT2D eigenvalue weighted by Gasteiger charge is 2.17. The molecule has 240 valence electrons. The zero-order valence-electron chi connectivity index (χ0n) is 27.9. The van der Waals surface area contributed by atoms with E-state index in [0.29, 0.717) is 0 Å². The minimum atomic E-state index is 0.857. The van der Waals surface area contributed by atoms with E-state index in [-0.39, 0.29) is 0 Å². The maximum Gasteiger partial charge on any atom is 0.0858 e. The first-order valence-corrected chi connectivity index (χ1v) is 16.7. The highest BCUT2D eigenvalue weighted by molar-refractivity contribution is 5.58. The zero-order valence-corrected chi connectivity index (χ0v) is 27.9. The quantitative estimate of drug-likeness (QED) is 0.132. The van der Waals surface area contributed by atoms with Crippen molar-refractivity contribution in [1.29, 1.82) is 0 Å². The molecule has 0 unspecified atom stereocenters. The normalized spacial score (nSPS) is 13.6. The van der Waals surface area contributed by atoms with Crippen LogP contribution in [0.4, 0.5) is 45.5 Å². The maximum atomic E-state index is 4.46. The van der Waals surface area contributed by atoms with E-state index in [0.717, 1.165) is 62.0 Å². The second-order valence-electron chi connectivity index (χ2n) is 12.0. The van der Waals surface area contributed by atoms with Gasteiger partial charge in [-0.25, -0.2) is 0 Å². The molecule has 8 heteroatoms. The van der Waals surface area contributed by atoms with Gasteiger partial charge in [-0.1, -0.05) is 26.7 Å². The lowest BCUT2D eigenvalue weighted by atomic mass is 10.2. The first kappa shape index (κ1) is 32.7. The molecule has 1 aliphatic rings. The first-order valence-electron chi connectivity index (χ1n) is 16.7. The van der Waals surface area contributed by atoms with Gasteiger partial charge in [0.25, 0.3) is 0 Å². The number of nitrogens with zero attached hydrogens (tertiary/aromatic N) is 8. The van der Waals surface area contributed by atoms with Crippen molar-refractivity contribution in [1.82, 2.24) is 0 Å². The minimum absolute atomic E-state index is 0.857. The van der Waals surface area contributed by atoms with Gasteiger partial charge in [-0.15, -0.1) is 0 Å². The molecule has 0 spiro atoms. The molecule has 8 nitrogen and oxygen atoms in total. The standard InChI is InChI=1S/C38H48N8/c1-5-7-25-43(3)35-17-9-31(10-18-35)39-41-33-13-21-37(22-14-33)45-27-29-46(30-28-45)38-23-15-34(16-24-38)42-40-32-11-19-36(20-12-32)44(4)26-8-6-2/h9-24H,5-8,25-30H2,1-4H3. The molecule has 4 aromatic carbocycles. The van der Waals surface area contributed by atoms with Gasteiger partial charge >= 0.3 is 0 Å². The number of rotatable bonds is 14. The van der Waals surface area contributed by atoms with Gasteiger partial charge in [-0.05, 0) is 110 Å². The molecule has 0 bridgehead atoms. The molecule has 0 aliphatic carbocycles. The van der Waals surface area contributed by atoms with Gasteiger partial charge in [0.2, 0.25) is 0 Å². The summed E-state index contributed by atoms with van der Waals surface area (Å²) in [4.78, 5) is 9.42. The third-order valence-corrected chi connectivity index (χ3v) is 8.55. The Bertz CT molecular complexity index is 1400. The molecule has 1 heterocycles. The molecule has 4 aromatic rings.